The number of anilines is 1. The molecule has 0 bridgehead atoms. The van der Waals surface area contributed by atoms with Crippen LogP contribution in [0, 0.1) is 17.0 Å². The first kappa shape index (κ1) is 17.5. The molecule has 0 aliphatic carbocycles. The Hall–Kier alpha value is -2.89. The van der Waals surface area contributed by atoms with Crippen LogP contribution in [0.2, 0.25) is 0 Å². The minimum atomic E-state index is -0.466. The fourth-order valence-corrected chi connectivity index (χ4v) is 2.44. The van der Waals surface area contributed by atoms with E-state index in [0.717, 1.165) is 11.1 Å². The number of carbonyl (C=O) groups is 1. The molecule has 2 aromatic carbocycles. The van der Waals surface area contributed by atoms with Gasteiger partial charge in [0.25, 0.3) is 11.6 Å². The van der Waals surface area contributed by atoms with Gasteiger partial charge in [0.15, 0.2) is 0 Å². The first-order valence-electron chi connectivity index (χ1n) is 7.56. The van der Waals surface area contributed by atoms with Gasteiger partial charge in [-0.05, 0) is 24.6 Å². The Bertz CT molecular complexity index is 755. The summed E-state index contributed by atoms with van der Waals surface area (Å²) in [6.07, 6.45) is 0. The molecule has 0 unspecified atom stereocenters. The number of rotatable bonds is 5. The van der Waals surface area contributed by atoms with Gasteiger partial charge in [0.05, 0.1) is 4.92 Å². The van der Waals surface area contributed by atoms with Crippen LogP contribution in [0.1, 0.15) is 21.5 Å². The van der Waals surface area contributed by atoms with E-state index in [2.05, 4.69) is 0 Å². The Kier molecular flexibility index (Phi) is 5.18. The Morgan fingerprint density at radius 2 is 1.71 bits per heavy atom. The molecule has 126 valence electrons. The lowest BCUT2D eigenvalue weighted by atomic mass is 10.1. The van der Waals surface area contributed by atoms with Gasteiger partial charge in [-0.3, -0.25) is 14.9 Å². The number of nitro groups is 1. The SMILES string of the molecule is Cc1ccc(CN(C)C(=O)c2ccc(N(C)C)c([N+](=O)[O-])c2)cc1. The Labute approximate surface area is 141 Å². The van der Waals surface area contributed by atoms with Crippen molar-refractivity contribution in [3.05, 3.63) is 69.3 Å². The summed E-state index contributed by atoms with van der Waals surface area (Å²) in [7, 11) is 5.15. The fraction of sp³-hybridized carbons (Fsp3) is 0.278. The highest BCUT2D eigenvalue weighted by atomic mass is 16.6. The van der Waals surface area contributed by atoms with Crippen molar-refractivity contribution < 1.29 is 9.72 Å². The molecular weight excluding hydrogens is 306 g/mol. The molecule has 6 heteroatoms. The third-order valence-electron chi connectivity index (χ3n) is 3.79. The highest BCUT2D eigenvalue weighted by Crippen LogP contribution is 2.28. The topological polar surface area (TPSA) is 66.7 Å². The summed E-state index contributed by atoms with van der Waals surface area (Å²) in [5, 5.41) is 11.2. The average Bonchev–Trinajstić information content (AvgIpc) is 2.55. The lowest BCUT2D eigenvalue weighted by molar-refractivity contribution is -0.384. The van der Waals surface area contributed by atoms with Gasteiger partial charge in [-0.25, -0.2) is 0 Å². The molecule has 0 atom stereocenters. The number of amides is 1. The van der Waals surface area contributed by atoms with Gasteiger partial charge in [-0.2, -0.15) is 0 Å². The molecule has 0 heterocycles. The van der Waals surface area contributed by atoms with Crippen LogP contribution in [0.15, 0.2) is 42.5 Å². The van der Waals surface area contributed by atoms with E-state index in [1.165, 1.54) is 6.07 Å². The molecule has 0 saturated heterocycles. The zero-order valence-corrected chi connectivity index (χ0v) is 14.3. The Morgan fingerprint density at radius 3 is 2.25 bits per heavy atom. The van der Waals surface area contributed by atoms with Crippen LogP contribution in [0.25, 0.3) is 0 Å². The monoisotopic (exact) mass is 327 g/mol. The highest BCUT2D eigenvalue weighted by molar-refractivity contribution is 5.95. The third kappa shape index (κ3) is 3.90. The van der Waals surface area contributed by atoms with E-state index in [1.54, 1.807) is 43.1 Å². The van der Waals surface area contributed by atoms with Gasteiger partial charge in [0, 0.05) is 39.3 Å². The minimum Gasteiger partial charge on any atom is -0.372 e. The molecule has 2 aromatic rings. The molecule has 1 amide bonds. The number of benzene rings is 2. The summed E-state index contributed by atoms with van der Waals surface area (Å²) >= 11 is 0. The molecule has 0 spiro atoms. The Balaban J connectivity index is 2.23. The van der Waals surface area contributed by atoms with Gasteiger partial charge in [0.1, 0.15) is 5.69 Å². The lowest BCUT2D eigenvalue weighted by Crippen LogP contribution is -2.26. The zero-order chi connectivity index (χ0) is 17.9. The molecule has 0 saturated carbocycles. The summed E-state index contributed by atoms with van der Waals surface area (Å²) < 4.78 is 0. The van der Waals surface area contributed by atoms with Gasteiger partial charge >= 0.3 is 0 Å². The number of aryl methyl sites for hydroxylation is 1. The van der Waals surface area contributed by atoms with Crippen molar-refractivity contribution in [2.24, 2.45) is 0 Å². The number of hydrogen-bond donors (Lipinski definition) is 0. The van der Waals surface area contributed by atoms with Crippen LogP contribution in [0.5, 0.6) is 0 Å². The zero-order valence-electron chi connectivity index (χ0n) is 14.3. The fourth-order valence-electron chi connectivity index (χ4n) is 2.44. The maximum absolute atomic E-state index is 12.6. The summed E-state index contributed by atoms with van der Waals surface area (Å²) in [5.41, 5.74) is 2.87. The molecule has 0 radical (unpaired) electrons. The van der Waals surface area contributed by atoms with Crippen molar-refractivity contribution in [3.8, 4) is 0 Å². The van der Waals surface area contributed by atoms with Crippen molar-refractivity contribution in [2.75, 3.05) is 26.0 Å². The molecular formula is C18H21N3O3. The van der Waals surface area contributed by atoms with Crippen LogP contribution in [0.3, 0.4) is 0 Å². The van der Waals surface area contributed by atoms with Crippen LogP contribution in [0.4, 0.5) is 11.4 Å². The first-order valence-corrected chi connectivity index (χ1v) is 7.56. The lowest BCUT2D eigenvalue weighted by Gasteiger charge is -2.18. The smallest absolute Gasteiger partial charge is 0.293 e. The first-order chi connectivity index (χ1) is 11.3. The molecule has 2 rings (SSSR count). The number of nitrogens with zero attached hydrogens (tertiary/aromatic N) is 3. The second kappa shape index (κ2) is 7.12. The highest BCUT2D eigenvalue weighted by Gasteiger charge is 2.20. The summed E-state index contributed by atoms with van der Waals surface area (Å²) in [4.78, 5) is 26.6. The van der Waals surface area contributed by atoms with E-state index < -0.39 is 4.92 Å². The second-order valence-corrected chi connectivity index (χ2v) is 6.00. The van der Waals surface area contributed by atoms with Crippen molar-refractivity contribution >= 4 is 17.3 Å². The molecule has 0 fully saturated rings. The van der Waals surface area contributed by atoms with Gasteiger partial charge in [-0.15, -0.1) is 0 Å². The normalized spacial score (nSPS) is 10.3. The van der Waals surface area contributed by atoms with E-state index in [1.807, 2.05) is 31.2 Å². The predicted molar refractivity (Wildman–Crippen MR) is 94.4 cm³/mol. The molecule has 0 aromatic heterocycles. The number of carbonyl (C=O) groups excluding carboxylic acids is 1. The molecule has 0 N–H and O–H groups in total. The van der Waals surface area contributed by atoms with Crippen LogP contribution >= 0.6 is 0 Å². The number of hydrogen-bond acceptors (Lipinski definition) is 4. The van der Waals surface area contributed by atoms with Gasteiger partial charge in [0.2, 0.25) is 0 Å². The Morgan fingerprint density at radius 1 is 1.08 bits per heavy atom. The van der Waals surface area contributed by atoms with Crippen LogP contribution in [-0.4, -0.2) is 36.9 Å². The minimum absolute atomic E-state index is 0.0745. The number of nitro benzene ring substituents is 1. The maximum Gasteiger partial charge on any atom is 0.293 e. The van der Waals surface area contributed by atoms with Crippen LogP contribution in [-0.2, 0) is 6.54 Å². The molecule has 24 heavy (non-hydrogen) atoms. The standard InChI is InChI=1S/C18H21N3O3/c1-13-5-7-14(8-6-13)12-20(4)18(22)15-9-10-16(19(2)3)17(11-15)21(23)24/h5-11H,12H2,1-4H3. The van der Waals surface area contributed by atoms with E-state index in [-0.39, 0.29) is 11.6 Å². The molecule has 0 aliphatic rings. The van der Waals surface area contributed by atoms with E-state index in [9.17, 15) is 14.9 Å². The summed E-state index contributed by atoms with van der Waals surface area (Å²) in [5.74, 6) is -0.246. The molecule has 6 nitrogen and oxygen atoms in total. The average molecular weight is 327 g/mol. The summed E-state index contributed by atoms with van der Waals surface area (Å²) in [6, 6.07) is 12.5. The van der Waals surface area contributed by atoms with Crippen molar-refractivity contribution in [1.29, 1.82) is 0 Å². The van der Waals surface area contributed by atoms with Crippen molar-refractivity contribution in [2.45, 2.75) is 13.5 Å². The van der Waals surface area contributed by atoms with Crippen LogP contribution < -0.4 is 4.90 Å². The summed E-state index contributed by atoms with van der Waals surface area (Å²) in [6.45, 7) is 2.45. The van der Waals surface area contributed by atoms with E-state index >= 15 is 0 Å². The van der Waals surface area contributed by atoms with Crippen molar-refractivity contribution in [3.63, 3.8) is 0 Å². The van der Waals surface area contributed by atoms with E-state index in [0.29, 0.717) is 17.8 Å². The van der Waals surface area contributed by atoms with E-state index in [4.69, 9.17) is 0 Å². The second-order valence-electron chi connectivity index (χ2n) is 6.00. The largest absolute Gasteiger partial charge is 0.372 e. The van der Waals surface area contributed by atoms with Crippen molar-refractivity contribution in [1.82, 2.24) is 4.90 Å². The quantitative estimate of drug-likeness (QED) is 0.624. The molecule has 0 aliphatic heterocycles. The maximum atomic E-state index is 12.6. The van der Waals surface area contributed by atoms with Gasteiger partial charge in [-0.1, -0.05) is 29.8 Å². The van der Waals surface area contributed by atoms with Gasteiger partial charge < -0.3 is 9.80 Å². The predicted octanol–water partition coefficient (Wildman–Crippen LogP) is 3.24. The third-order valence-corrected chi connectivity index (χ3v) is 3.79.